The summed E-state index contributed by atoms with van der Waals surface area (Å²) in [6, 6.07) is 11.9. The number of fused-ring (bicyclic) bond motifs is 1. The Morgan fingerprint density at radius 2 is 1.86 bits per heavy atom. The molecule has 6 nitrogen and oxygen atoms in total. The van der Waals surface area contributed by atoms with Gasteiger partial charge in [0, 0.05) is 35.6 Å². The number of amides is 1. The largest absolute Gasteiger partial charge is 0.488 e. The number of hydrogen-bond acceptors (Lipinski definition) is 5. The number of hydrogen-bond donors (Lipinski definition) is 2. The molecule has 2 aliphatic carbocycles. The Labute approximate surface area is 220 Å². The van der Waals surface area contributed by atoms with Crippen LogP contribution in [0, 0.1) is 29.6 Å². The summed E-state index contributed by atoms with van der Waals surface area (Å²) in [6.07, 6.45) is 3.60. The van der Waals surface area contributed by atoms with Gasteiger partial charge in [0.15, 0.2) is 0 Å². The highest BCUT2D eigenvalue weighted by Crippen LogP contribution is 2.67. The quantitative estimate of drug-likeness (QED) is 0.515. The molecule has 2 aromatic carbocycles. The third-order valence-electron chi connectivity index (χ3n) is 10.1. The van der Waals surface area contributed by atoms with Crippen molar-refractivity contribution in [1.82, 2.24) is 5.32 Å². The number of carbonyl (C=O) groups excluding carboxylic acids is 1. The van der Waals surface area contributed by atoms with E-state index in [1.807, 2.05) is 43.3 Å². The second kappa shape index (κ2) is 9.23. The van der Waals surface area contributed by atoms with Crippen LogP contribution in [0.1, 0.15) is 70.1 Å². The van der Waals surface area contributed by atoms with Crippen molar-refractivity contribution < 1.29 is 24.1 Å². The lowest BCUT2D eigenvalue weighted by molar-refractivity contribution is -0.233. The van der Waals surface area contributed by atoms with Gasteiger partial charge in [-0.25, -0.2) is 4.79 Å². The van der Waals surface area contributed by atoms with E-state index in [4.69, 9.17) is 14.2 Å². The SMILES string of the molecule is CNC(=O)Oc1cc(OCc2ccccc2)c2c(c1C)O[C@@]13CC[C@H](O)C(C)(C)[C@@H]1CC[C@H](C)[C@@]3(C)C2. The monoisotopic (exact) mass is 507 g/mol. The van der Waals surface area contributed by atoms with E-state index < -0.39 is 11.7 Å². The van der Waals surface area contributed by atoms with Gasteiger partial charge in [0.05, 0.1) is 6.10 Å². The predicted molar refractivity (Wildman–Crippen MR) is 143 cm³/mol. The molecule has 0 bridgehead atoms. The number of carbonyl (C=O) groups is 1. The van der Waals surface area contributed by atoms with Crippen LogP contribution in [-0.2, 0) is 13.0 Å². The first-order chi connectivity index (χ1) is 17.5. The molecule has 3 aliphatic rings. The lowest BCUT2D eigenvalue weighted by Gasteiger charge is -2.67. The lowest BCUT2D eigenvalue weighted by atomic mass is 9.43. The zero-order valence-corrected chi connectivity index (χ0v) is 23.0. The van der Waals surface area contributed by atoms with Gasteiger partial charge in [-0.05, 0) is 55.9 Å². The summed E-state index contributed by atoms with van der Waals surface area (Å²) in [5.41, 5.74) is 2.13. The van der Waals surface area contributed by atoms with Crippen LogP contribution in [0.5, 0.6) is 17.2 Å². The van der Waals surface area contributed by atoms with E-state index >= 15 is 0 Å². The van der Waals surface area contributed by atoms with Crippen molar-refractivity contribution in [2.45, 2.75) is 85.0 Å². The van der Waals surface area contributed by atoms with Crippen LogP contribution in [0.25, 0.3) is 0 Å². The van der Waals surface area contributed by atoms with Crippen LogP contribution >= 0.6 is 0 Å². The van der Waals surface area contributed by atoms with E-state index in [-0.39, 0.29) is 22.9 Å². The third kappa shape index (κ3) is 3.99. The van der Waals surface area contributed by atoms with Gasteiger partial charge in [0.1, 0.15) is 29.5 Å². The number of aliphatic hydroxyl groups is 1. The van der Waals surface area contributed by atoms with Crippen LogP contribution in [0.2, 0.25) is 0 Å². The van der Waals surface area contributed by atoms with Crippen molar-refractivity contribution in [2.24, 2.45) is 22.7 Å². The normalized spacial score (nSPS) is 31.7. The summed E-state index contributed by atoms with van der Waals surface area (Å²) < 4.78 is 19.4. The molecule has 6 heteroatoms. The molecule has 2 aromatic rings. The maximum atomic E-state index is 12.2. The first-order valence-corrected chi connectivity index (χ1v) is 13.6. The van der Waals surface area contributed by atoms with Crippen LogP contribution in [-0.4, -0.2) is 30.0 Å². The Hall–Kier alpha value is -2.73. The maximum absolute atomic E-state index is 12.2. The van der Waals surface area contributed by atoms with Gasteiger partial charge < -0.3 is 24.6 Å². The number of benzene rings is 2. The van der Waals surface area contributed by atoms with Gasteiger partial charge in [-0.2, -0.15) is 0 Å². The van der Waals surface area contributed by atoms with Crippen molar-refractivity contribution in [3.8, 4) is 17.2 Å². The number of rotatable bonds is 4. The molecule has 0 radical (unpaired) electrons. The van der Waals surface area contributed by atoms with Crippen LogP contribution in [0.15, 0.2) is 36.4 Å². The molecule has 200 valence electrons. The van der Waals surface area contributed by atoms with Crippen molar-refractivity contribution in [1.29, 1.82) is 0 Å². The van der Waals surface area contributed by atoms with Crippen LogP contribution in [0.4, 0.5) is 4.79 Å². The Morgan fingerprint density at radius 3 is 2.57 bits per heavy atom. The van der Waals surface area contributed by atoms with Crippen molar-refractivity contribution in [3.05, 3.63) is 53.1 Å². The van der Waals surface area contributed by atoms with Gasteiger partial charge in [0.25, 0.3) is 0 Å². The minimum Gasteiger partial charge on any atom is -0.488 e. The maximum Gasteiger partial charge on any atom is 0.412 e. The minimum absolute atomic E-state index is 0.124. The molecule has 1 amide bonds. The molecule has 37 heavy (non-hydrogen) atoms. The molecule has 2 saturated carbocycles. The summed E-state index contributed by atoms with van der Waals surface area (Å²) in [5.74, 6) is 2.58. The summed E-state index contributed by atoms with van der Waals surface area (Å²) >= 11 is 0. The van der Waals surface area contributed by atoms with Crippen molar-refractivity contribution in [2.75, 3.05) is 7.05 Å². The van der Waals surface area contributed by atoms with Gasteiger partial charge in [-0.15, -0.1) is 0 Å². The highest BCUT2D eigenvalue weighted by atomic mass is 16.6. The van der Waals surface area contributed by atoms with E-state index in [1.165, 1.54) is 0 Å². The Morgan fingerprint density at radius 1 is 1.14 bits per heavy atom. The second-order valence-corrected chi connectivity index (χ2v) is 12.2. The smallest absolute Gasteiger partial charge is 0.412 e. The molecule has 1 heterocycles. The van der Waals surface area contributed by atoms with Crippen LogP contribution in [0.3, 0.4) is 0 Å². The Bertz CT molecular complexity index is 1180. The first kappa shape index (κ1) is 25.9. The Balaban J connectivity index is 1.64. The number of nitrogens with one attached hydrogen (secondary N) is 1. The fourth-order valence-corrected chi connectivity index (χ4v) is 7.47. The standard InChI is InChI=1S/C31H41NO5/c1-19-12-13-25-29(3,4)26(33)14-15-31(25)30(19,5)17-22-24(35-18-21-10-8-7-9-11-21)16-23(36-28(34)32-6)20(2)27(22)37-31/h7-11,16,19,25-26,33H,12-15,17-18H2,1-6H3,(H,32,34)/t19-,25-,26-,30+,31-/m0/s1. The zero-order valence-electron chi connectivity index (χ0n) is 23.0. The molecule has 1 aliphatic heterocycles. The average Bonchev–Trinajstić information content (AvgIpc) is 2.88. The fraction of sp³-hybridized carbons (Fsp3) is 0.581. The minimum atomic E-state index is -0.526. The van der Waals surface area contributed by atoms with E-state index in [9.17, 15) is 9.90 Å². The number of ether oxygens (including phenoxy) is 3. The summed E-state index contributed by atoms with van der Waals surface area (Å²) in [4.78, 5) is 12.2. The van der Waals surface area contributed by atoms with E-state index in [1.54, 1.807) is 7.05 Å². The highest BCUT2D eigenvalue weighted by molar-refractivity contribution is 5.72. The molecule has 5 rings (SSSR count). The zero-order chi connectivity index (χ0) is 26.6. The van der Waals surface area contributed by atoms with Gasteiger partial charge in [-0.3, -0.25) is 0 Å². The van der Waals surface area contributed by atoms with Crippen molar-refractivity contribution in [3.63, 3.8) is 0 Å². The van der Waals surface area contributed by atoms with Crippen molar-refractivity contribution >= 4 is 6.09 Å². The third-order valence-corrected chi connectivity index (χ3v) is 10.1. The molecule has 0 aromatic heterocycles. The molecule has 1 spiro atoms. The molecule has 0 saturated heterocycles. The molecular formula is C31H41NO5. The fourth-order valence-electron chi connectivity index (χ4n) is 7.47. The highest BCUT2D eigenvalue weighted by Gasteiger charge is 2.67. The average molecular weight is 508 g/mol. The number of aliphatic hydroxyl groups excluding tert-OH is 1. The van der Waals surface area contributed by atoms with Gasteiger partial charge in [0.2, 0.25) is 0 Å². The summed E-state index contributed by atoms with van der Waals surface area (Å²) in [6.45, 7) is 11.5. The molecule has 2 fully saturated rings. The van der Waals surface area contributed by atoms with E-state index in [2.05, 4.69) is 33.0 Å². The van der Waals surface area contributed by atoms with E-state index in [0.717, 1.165) is 48.1 Å². The summed E-state index contributed by atoms with van der Waals surface area (Å²) in [5, 5.41) is 13.6. The van der Waals surface area contributed by atoms with Gasteiger partial charge >= 0.3 is 6.09 Å². The molecule has 5 atom stereocenters. The van der Waals surface area contributed by atoms with Crippen LogP contribution < -0.4 is 19.5 Å². The predicted octanol–water partition coefficient (Wildman–Crippen LogP) is 6.20. The lowest BCUT2D eigenvalue weighted by Crippen LogP contribution is -2.70. The van der Waals surface area contributed by atoms with Gasteiger partial charge in [-0.1, -0.05) is 58.0 Å². The first-order valence-electron chi connectivity index (χ1n) is 13.6. The van der Waals surface area contributed by atoms with E-state index in [0.29, 0.717) is 30.4 Å². The topological polar surface area (TPSA) is 77.0 Å². The Kier molecular flexibility index (Phi) is 6.46. The molecule has 2 N–H and O–H groups in total. The summed E-state index contributed by atoms with van der Waals surface area (Å²) in [7, 11) is 1.55. The molecular weight excluding hydrogens is 466 g/mol. The second-order valence-electron chi connectivity index (χ2n) is 12.2. The molecule has 0 unspecified atom stereocenters.